The largest absolute Gasteiger partial charge is 0.480 e. The summed E-state index contributed by atoms with van der Waals surface area (Å²) in [6.07, 6.45) is 4.27. The molecule has 0 aromatic heterocycles. The number of benzene rings is 1. The molecular formula is C16H21NO3. The highest BCUT2D eigenvalue weighted by Crippen LogP contribution is 2.27. The molecule has 0 saturated heterocycles. The van der Waals surface area contributed by atoms with Crippen LogP contribution in [0.25, 0.3) is 0 Å². The van der Waals surface area contributed by atoms with E-state index in [9.17, 15) is 14.7 Å². The number of hydrogen-bond acceptors (Lipinski definition) is 2. The predicted octanol–water partition coefficient (Wildman–Crippen LogP) is 2.33. The van der Waals surface area contributed by atoms with E-state index in [2.05, 4.69) is 0 Å². The molecule has 2 rings (SSSR count). The average Bonchev–Trinajstić information content (AvgIpc) is 2.98. The number of amides is 1. The number of carbonyl (C=O) groups excluding carboxylic acids is 1. The molecule has 0 heterocycles. The van der Waals surface area contributed by atoms with Gasteiger partial charge in [0.05, 0.1) is 0 Å². The minimum Gasteiger partial charge on any atom is -0.480 e. The van der Waals surface area contributed by atoms with Gasteiger partial charge in [-0.1, -0.05) is 43.2 Å². The molecular weight excluding hydrogens is 254 g/mol. The van der Waals surface area contributed by atoms with Gasteiger partial charge in [-0.15, -0.1) is 0 Å². The van der Waals surface area contributed by atoms with Crippen LogP contribution in [0, 0.1) is 5.92 Å². The maximum absolute atomic E-state index is 12.3. The Labute approximate surface area is 119 Å². The maximum atomic E-state index is 12.3. The molecule has 0 radical (unpaired) electrons. The van der Waals surface area contributed by atoms with Crippen LogP contribution in [0.4, 0.5) is 0 Å². The van der Waals surface area contributed by atoms with Crippen LogP contribution in [0.1, 0.15) is 31.2 Å². The number of nitrogens with zero attached hydrogens (tertiary/aromatic N) is 1. The molecule has 1 aromatic carbocycles. The monoisotopic (exact) mass is 275 g/mol. The molecule has 20 heavy (non-hydrogen) atoms. The lowest BCUT2D eigenvalue weighted by Crippen LogP contribution is -2.45. The summed E-state index contributed by atoms with van der Waals surface area (Å²) in [5, 5.41) is 9.40. The van der Waals surface area contributed by atoms with Gasteiger partial charge in [-0.3, -0.25) is 4.79 Å². The average molecular weight is 275 g/mol. The lowest BCUT2D eigenvalue weighted by atomic mass is 10.0. The van der Waals surface area contributed by atoms with Crippen molar-refractivity contribution in [3.63, 3.8) is 0 Å². The summed E-state index contributed by atoms with van der Waals surface area (Å²) in [5.74, 6) is -0.953. The minimum absolute atomic E-state index is 0.0117. The second-order valence-corrected chi connectivity index (χ2v) is 5.47. The Hall–Kier alpha value is -1.84. The van der Waals surface area contributed by atoms with E-state index < -0.39 is 12.0 Å². The third-order valence-electron chi connectivity index (χ3n) is 4.08. The Morgan fingerprint density at radius 1 is 1.25 bits per heavy atom. The van der Waals surface area contributed by atoms with Crippen LogP contribution >= 0.6 is 0 Å². The lowest BCUT2D eigenvalue weighted by molar-refractivity contribution is -0.150. The van der Waals surface area contributed by atoms with Crippen LogP contribution in [0.3, 0.4) is 0 Å². The molecule has 108 valence electrons. The molecule has 1 atom stereocenters. The van der Waals surface area contributed by atoms with Gasteiger partial charge in [0.25, 0.3) is 0 Å². The van der Waals surface area contributed by atoms with Crippen LogP contribution in [0.15, 0.2) is 30.3 Å². The van der Waals surface area contributed by atoms with Crippen molar-refractivity contribution in [3.05, 3.63) is 35.9 Å². The summed E-state index contributed by atoms with van der Waals surface area (Å²) in [5.41, 5.74) is 0.936. The van der Waals surface area contributed by atoms with Crippen LogP contribution in [-0.2, 0) is 16.0 Å². The Morgan fingerprint density at radius 2 is 1.85 bits per heavy atom. The van der Waals surface area contributed by atoms with Crippen molar-refractivity contribution < 1.29 is 14.7 Å². The smallest absolute Gasteiger partial charge is 0.326 e. The van der Waals surface area contributed by atoms with E-state index in [-0.39, 0.29) is 11.8 Å². The molecule has 0 aliphatic heterocycles. The Balaban J connectivity index is 2.07. The van der Waals surface area contributed by atoms with Gasteiger partial charge in [0.2, 0.25) is 5.91 Å². The van der Waals surface area contributed by atoms with Gasteiger partial charge < -0.3 is 10.0 Å². The van der Waals surface area contributed by atoms with Crippen molar-refractivity contribution in [3.8, 4) is 0 Å². The number of carboxylic acids is 1. The zero-order valence-corrected chi connectivity index (χ0v) is 11.8. The second-order valence-electron chi connectivity index (χ2n) is 5.47. The lowest BCUT2D eigenvalue weighted by Gasteiger charge is -2.27. The number of rotatable bonds is 5. The predicted molar refractivity (Wildman–Crippen MR) is 76.3 cm³/mol. The SMILES string of the molecule is CN(C(=O)C1CCCC1)C(Cc1ccccc1)C(=O)O. The standard InChI is InChI=1S/C16H21NO3/c1-17(15(18)13-9-5-6-10-13)14(16(19)20)11-12-7-3-2-4-8-12/h2-4,7-8,13-14H,5-6,9-11H2,1H3,(H,19,20). The molecule has 4 nitrogen and oxygen atoms in total. The first-order valence-electron chi connectivity index (χ1n) is 7.13. The first-order chi connectivity index (χ1) is 9.59. The van der Waals surface area contributed by atoms with Crippen molar-refractivity contribution in [1.29, 1.82) is 0 Å². The summed E-state index contributed by atoms with van der Waals surface area (Å²) < 4.78 is 0. The highest BCUT2D eigenvalue weighted by atomic mass is 16.4. The van der Waals surface area contributed by atoms with Crippen molar-refractivity contribution >= 4 is 11.9 Å². The Kier molecular flexibility index (Phi) is 4.77. The van der Waals surface area contributed by atoms with E-state index in [0.29, 0.717) is 6.42 Å². The van der Waals surface area contributed by atoms with Gasteiger partial charge in [0, 0.05) is 19.4 Å². The number of likely N-dealkylation sites (N-methyl/N-ethyl adjacent to an activating group) is 1. The summed E-state index contributed by atoms with van der Waals surface area (Å²) in [6, 6.07) is 8.66. The number of carbonyl (C=O) groups is 2. The van der Waals surface area contributed by atoms with Crippen LogP contribution < -0.4 is 0 Å². The molecule has 1 N–H and O–H groups in total. The number of hydrogen-bond donors (Lipinski definition) is 1. The first-order valence-corrected chi connectivity index (χ1v) is 7.13. The third kappa shape index (κ3) is 3.38. The molecule has 0 bridgehead atoms. The summed E-state index contributed by atoms with van der Waals surface area (Å²) in [4.78, 5) is 25.2. The van der Waals surface area contributed by atoms with Gasteiger partial charge in [-0.2, -0.15) is 0 Å². The van der Waals surface area contributed by atoms with Gasteiger partial charge >= 0.3 is 5.97 Å². The van der Waals surface area contributed by atoms with Crippen LogP contribution in [0.5, 0.6) is 0 Å². The molecule has 1 aromatic rings. The van der Waals surface area contributed by atoms with E-state index in [1.165, 1.54) is 4.90 Å². The molecule has 1 aliphatic rings. The van der Waals surface area contributed by atoms with E-state index in [4.69, 9.17) is 0 Å². The van der Waals surface area contributed by atoms with Crippen LogP contribution in [-0.4, -0.2) is 35.0 Å². The zero-order chi connectivity index (χ0) is 14.5. The highest BCUT2D eigenvalue weighted by molar-refractivity contribution is 5.85. The van der Waals surface area contributed by atoms with Crippen molar-refractivity contribution in [2.75, 3.05) is 7.05 Å². The Bertz CT molecular complexity index is 466. The van der Waals surface area contributed by atoms with Crippen molar-refractivity contribution in [2.45, 2.75) is 38.1 Å². The molecule has 1 fully saturated rings. The fraction of sp³-hybridized carbons (Fsp3) is 0.500. The van der Waals surface area contributed by atoms with Crippen molar-refractivity contribution in [1.82, 2.24) is 4.90 Å². The summed E-state index contributed by atoms with van der Waals surface area (Å²) in [6.45, 7) is 0. The van der Waals surface area contributed by atoms with E-state index in [1.54, 1.807) is 7.05 Å². The fourth-order valence-corrected chi connectivity index (χ4v) is 2.84. The number of aliphatic carboxylic acids is 1. The van der Waals surface area contributed by atoms with Crippen LogP contribution in [0.2, 0.25) is 0 Å². The Morgan fingerprint density at radius 3 is 2.40 bits per heavy atom. The molecule has 1 aliphatic carbocycles. The first kappa shape index (κ1) is 14.6. The van der Waals surface area contributed by atoms with Gasteiger partial charge in [0.1, 0.15) is 6.04 Å². The molecule has 1 unspecified atom stereocenters. The van der Waals surface area contributed by atoms with Gasteiger partial charge in [-0.25, -0.2) is 4.79 Å². The number of carboxylic acid groups (broad SMARTS) is 1. The minimum atomic E-state index is -0.942. The van der Waals surface area contributed by atoms with E-state index in [0.717, 1.165) is 31.2 Å². The van der Waals surface area contributed by atoms with Gasteiger partial charge in [0.15, 0.2) is 0 Å². The van der Waals surface area contributed by atoms with E-state index in [1.807, 2.05) is 30.3 Å². The van der Waals surface area contributed by atoms with Crippen molar-refractivity contribution in [2.24, 2.45) is 5.92 Å². The quantitative estimate of drug-likeness (QED) is 0.897. The maximum Gasteiger partial charge on any atom is 0.326 e. The summed E-state index contributed by atoms with van der Waals surface area (Å²) >= 11 is 0. The molecule has 1 amide bonds. The topological polar surface area (TPSA) is 57.6 Å². The highest BCUT2D eigenvalue weighted by Gasteiger charge is 2.32. The third-order valence-corrected chi connectivity index (χ3v) is 4.08. The molecule has 0 spiro atoms. The normalized spacial score (nSPS) is 16.9. The van der Waals surface area contributed by atoms with Gasteiger partial charge in [-0.05, 0) is 18.4 Å². The van der Waals surface area contributed by atoms with E-state index >= 15 is 0 Å². The summed E-state index contributed by atoms with van der Waals surface area (Å²) in [7, 11) is 1.61. The fourth-order valence-electron chi connectivity index (χ4n) is 2.84. The zero-order valence-electron chi connectivity index (χ0n) is 11.8. The molecule has 4 heteroatoms. The molecule has 1 saturated carbocycles. The second kappa shape index (κ2) is 6.55.